The monoisotopic (exact) mass is 500 g/mol. The van der Waals surface area contributed by atoms with Crippen LogP contribution in [0.1, 0.15) is 31.0 Å². The van der Waals surface area contributed by atoms with Crippen molar-refractivity contribution < 1.29 is 36.2 Å². The van der Waals surface area contributed by atoms with Gasteiger partial charge in [-0.25, -0.2) is 24.3 Å². The van der Waals surface area contributed by atoms with Crippen LogP contribution in [-0.2, 0) is 42.7 Å². The number of carbonyl (C=O) groups is 3. The van der Waals surface area contributed by atoms with Crippen molar-refractivity contribution >= 4 is 17.8 Å². The van der Waals surface area contributed by atoms with E-state index in [9.17, 15) is 14.4 Å². The number of fused-ring (bicyclic) bond motifs is 1. The molecule has 2 fully saturated rings. The van der Waals surface area contributed by atoms with E-state index in [0.717, 1.165) is 11.1 Å². The first-order chi connectivity index (χ1) is 16.0. The van der Waals surface area contributed by atoms with Gasteiger partial charge in [0.1, 0.15) is 5.54 Å². The fraction of sp³-hybridized carbons (Fsp3) is 0.296. The number of esters is 1. The minimum atomic E-state index is -1.25. The number of likely N-dealkylation sites (tertiary alicyclic amines) is 1. The van der Waals surface area contributed by atoms with Crippen LogP contribution in [0, 0.1) is 11.8 Å². The van der Waals surface area contributed by atoms with Crippen molar-refractivity contribution in [2.75, 3.05) is 6.61 Å². The van der Waals surface area contributed by atoms with Gasteiger partial charge in [-0.1, -0.05) is 30.3 Å². The summed E-state index contributed by atoms with van der Waals surface area (Å²) < 4.78 is 5.26. The number of rotatable bonds is 5. The van der Waals surface area contributed by atoms with E-state index >= 15 is 0 Å². The van der Waals surface area contributed by atoms with Crippen LogP contribution in [0.2, 0.25) is 0 Å². The minimum Gasteiger partial charge on any atom is -0.465 e. The van der Waals surface area contributed by atoms with Gasteiger partial charge in [0.25, 0.3) is 0 Å². The van der Waals surface area contributed by atoms with E-state index in [-0.39, 0.29) is 42.0 Å². The maximum Gasteiger partial charge on any atom is 2.00 e. The van der Waals surface area contributed by atoms with Crippen LogP contribution >= 0.6 is 0 Å². The topological polar surface area (TPSA) is 75.7 Å². The van der Waals surface area contributed by atoms with Gasteiger partial charge in [-0.05, 0) is 19.4 Å². The Hall–Kier alpha value is -2.99. The molecule has 2 aliphatic heterocycles. The molecule has 5 rings (SSSR count). The van der Waals surface area contributed by atoms with Crippen molar-refractivity contribution in [3.63, 3.8) is 0 Å². The second-order valence-corrected chi connectivity index (χ2v) is 8.48. The molecular formula is C27H28FeN2O4. The van der Waals surface area contributed by atoms with Crippen LogP contribution in [0.3, 0.4) is 0 Å². The van der Waals surface area contributed by atoms with Crippen LogP contribution in [0.5, 0.6) is 0 Å². The second kappa shape index (κ2) is 11.0. The van der Waals surface area contributed by atoms with Gasteiger partial charge in [0.05, 0.1) is 25.0 Å². The number of hydrogen-bond acceptors (Lipinski definition) is 5. The van der Waals surface area contributed by atoms with Gasteiger partial charge in [0.15, 0.2) is 0 Å². The molecule has 0 radical (unpaired) electrons. The van der Waals surface area contributed by atoms with E-state index in [4.69, 9.17) is 4.74 Å². The number of nitrogens with zero attached hydrogens (tertiary/aromatic N) is 1. The summed E-state index contributed by atoms with van der Waals surface area (Å²) in [7, 11) is 0. The van der Waals surface area contributed by atoms with Gasteiger partial charge in [-0.2, -0.15) is 30.3 Å². The van der Waals surface area contributed by atoms with Crippen LogP contribution in [-0.4, -0.2) is 34.8 Å². The van der Waals surface area contributed by atoms with Crippen molar-refractivity contribution in [2.45, 2.75) is 32.0 Å². The van der Waals surface area contributed by atoms with Crippen molar-refractivity contribution in [1.29, 1.82) is 0 Å². The third-order valence-corrected chi connectivity index (χ3v) is 6.36. The average molecular weight is 500 g/mol. The van der Waals surface area contributed by atoms with Gasteiger partial charge in [0.2, 0.25) is 11.8 Å². The summed E-state index contributed by atoms with van der Waals surface area (Å²) in [6.07, 6.45) is 0. The molecule has 178 valence electrons. The molecule has 0 spiro atoms. The number of hydrogen-bond donors (Lipinski definition) is 1. The predicted octanol–water partition coefficient (Wildman–Crippen LogP) is 3.58. The van der Waals surface area contributed by atoms with Gasteiger partial charge in [-0.15, -0.1) is 5.56 Å². The molecule has 34 heavy (non-hydrogen) atoms. The first kappa shape index (κ1) is 25.6. The molecule has 2 amide bonds. The van der Waals surface area contributed by atoms with E-state index < -0.39 is 29.4 Å². The molecule has 4 atom stereocenters. The molecule has 1 N–H and O–H groups in total. The summed E-state index contributed by atoms with van der Waals surface area (Å²) in [6.45, 7) is 3.82. The summed E-state index contributed by atoms with van der Waals surface area (Å²) in [5.41, 5.74) is 0.520. The Morgan fingerprint density at radius 3 is 2.26 bits per heavy atom. The molecule has 0 aromatic heterocycles. The number of imide groups is 1. The Morgan fingerprint density at radius 1 is 1.06 bits per heavy atom. The van der Waals surface area contributed by atoms with E-state index in [0.29, 0.717) is 0 Å². The average Bonchev–Trinajstić information content (AvgIpc) is 3.62. The number of ether oxygens (including phenoxy) is 1. The zero-order valence-corrected chi connectivity index (χ0v) is 20.3. The van der Waals surface area contributed by atoms with Crippen LogP contribution < -0.4 is 5.32 Å². The largest absolute Gasteiger partial charge is 2.00 e. The van der Waals surface area contributed by atoms with Crippen LogP contribution in [0.25, 0.3) is 0 Å². The fourth-order valence-electron chi connectivity index (χ4n) is 4.79. The van der Waals surface area contributed by atoms with Crippen LogP contribution in [0.4, 0.5) is 0 Å². The zero-order valence-electron chi connectivity index (χ0n) is 19.2. The molecule has 6 nitrogen and oxygen atoms in total. The second-order valence-electron chi connectivity index (χ2n) is 8.48. The molecule has 7 heteroatoms. The Morgan fingerprint density at radius 2 is 1.71 bits per heavy atom. The van der Waals surface area contributed by atoms with E-state index in [1.165, 1.54) is 4.90 Å². The minimum absolute atomic E-state index is 0. The summed E-state index contributed by atoms with van der Waals surface area (Å²) >= 11 is 0. The third-order valence-electron chi connectivity index (χ3n) is 6.36. The van der Waals surface area contributed by atoms with Gasteiger partial charge in [0, 0.05) is 6.04 Å². The molecular weight excluding hydrogens is 472 g/mol. The van der Waals surface area contributed by atoms with Crippen molar-refractivity contribution in [3.8, 4) is 0 Å². The van der Waals surface area contributed by atoms with Gasteiger partial charge >= 0.3 is 23.0 Å². The fourth-order valence-corrected chi connectivity index (χ4v) is 4.79. The van der Waals surface area contributed by atoms with E-state index in [1.807, 2.05) is 84.9 Å². The quantitative estimate of drug-likeness (QED) is 0.251. The molecule has 2 aliphatic rings. The standard InChI is InChI=1S/C22H23N2O4.C5H5.Fe/c1-3-28-21(27)22(2)17-16(18(23-22)15-11-7-8-12-15)19(25)24(20(17)26)13-14-9-5-4-6-10-14;1-2-4-5-3-1;/h4-12,16-18,23H,3,13H2,1-2H3;1-5H;/q2*-1;+2. The van der Waals surface area contributed by atoms with Crippen molar-refractivity contribution in [2.24, 2.45) is 11.8 Å². The smallest absolute Gasteiger partial charge is 0.465 e. The molecule has 3 aromatic rings. The first-order valence-corrected chi connectivity index (χ1v) is 11.2. The molecule has 4 unspecified atom stereocenters. The molecule has 0 aliphatic carbocycles. The molecule has 0 bridgehead atoms. The van der Waals surface area contributed by atoms with Crippen molar-refractivity contribution in [3.05, 3.63) is 96.1 Å². The van der Waals surface area contributed by atoms with Crippen molar-refractivity contribution in [1.82, 2.24) is 10.2 Å². The third kappa shape index (κ3) is 4.78. The number of nitrogens with one attached hydrogen (secondary N) is 1. The molecule has 0 saturated carbocycles. The SMILES string of the molecule is CCOC(=O)C1(C)NC([c-]2cccc2)C2C(=O)N(Cc3ccccc3)C(=O)C21.[Fe+2].c1cc[cH-]c1. The maximum absolute atomic E-state index is 13.3. The normalized spacial score (nSPS) is 25.2. The van der Waals surface area contributed by atoms with Crippen LogP contribution in [0.15, 0.2) is 84.9 Å². The van der Waals surface area contributed by atoms with E-state index in [1.54, 1.807) is 13.8 Å². The zero-order chi connectivity index (χ0) is 23.4. The summed E-state index contributed by atoms with van der Waals surface area (Å²) in [4.78, 5) is 40.7. The number of carbonyl (C=O) groups excluding carboxylic acids is 3. The Labute approximate surface area is 210 Å². The first-order valence-electron chi connectivity index (χ1n) is 11.2. The van der Waals surface area contributed by atoms with Gasteiger partial charge in [-0.3, -0.25) is 19.3 Å². The summed E-state index contributed by atoms with van der Waals surface area (Å²) in [6, 6.07) is 26.6. The summed E-state index contributed by atoms with van der Waals surface area (Å²) in [5.74, 6) is -2.49. The van der Waals surface area contributed by atoms with E-state index in [2.05, 4.69) is 5.32 Å². The molecule has 3 aromatic carbocycles. The van der Waals surface area contributed by atoms with Gasteiger partial charge < -0.3 is 10.1 Å². The maximum atomic E-state index is 13.3. The molecule has 2 saturated heterocycles. The predicted molar refractivity (Wildman–Crippen MR) is 124 cm³/mol. The Bertz CT molecular complexity index is 1060. The Kier molecular flexibility index (Phi) is 8.26. The number of benzene rings is 1. The Balaban J connectivity index is 0.000000481. The molecule has 2 heterocycles. The summed E-state index contributed by atoms with van der Waals surface area (Å²) in [5, 5.41) is 3.26. The number of amides is 2.